The monoisotopic (exact) mass is 195 g/mol. The molecule has 0 aromatic carbocycles. The second-order valence-electron chi connectivity index (χ2n) is 4.48. The van der Waals surface area contributed by atoms with Gasteiger partial charge in [0.1, 0.15) is 0 Å². The van der Waals surface area contributed by atoms with Gasteiger partial charge in [0.15, 0.2) is 0 Å². The second-order valence-corrected chi connectivity index (χ2v) is 4.48. The Hall–Kier alpha value is -0.300. The van der Waals surface area contributed by atoms with Gasteiger partial charge in [-0.25, -0.2) is 0 Å². The molecule has 0 amide bonds. The zero-order chi connectivity index (χ0) is 10.2. The van der Waals surface area contributed by atoms with Crippen molar-refractivity contribution in [3.63, 3.8) is 0 Å². The van der Waals surface area contributed by atoms with E-state index in [4.69, 9.17) is 0 Å². The first-order valence-electron chi connectivity index (χ1n) is 6.19. The summed E-state index contributed by atoms with van der Waals surface area (Å²) in [5.74, 6) is 1.98. The molecule has 14 heavy (non-hydrogen) atoms. The van der Waals surface area contributed by atoms with Crippen molar-refractivity contribution in [3.8, 4) is 0 Å². The molecule has 0 spiro atoms. The zero-order valence-electron chi connectivity index (χ0n) is 9.76. The van der Waals surface area contributed by atoms with Gasteiger partial charge in [-0.2, -0.15) is 0 Å². The van der Waals surface area contributed by atoms with Crippen molar-refractivity contribution in [2.45, 2.75) is 45.4 Å². The van der Waals surface area contributed by atoms with Gasteiger partial charge in [0.05, 0.1) is 0 Å². The van der Waals surface area contributed by atoms with Crippen molar-refractivity contribution in [2.75, 3.05) is 13.6 Å². The summed E-state index contributed by atoms with van der Waals surface area (Å²) in [7, 11) is 2.02. The lowest BCUT2D eigenvalue weighted by Gasteiger charge is -1.95. The number of allylic oxidation sites excluding steroid dienone is 2. The Morgan fingerprint density at radius 1 is 1.36 bits per heavy atom. The molecule has 1 heteroatoms. The number of rotatable bonds is 8. The third-order valence-electron chi connectivity index (χ3n) is 3.07. The van der Waals surface area contributed by atoms with Gasteiger partial charge in [-0.05, 0) is 51.1 Å². The second kappa shape index (κ2) is 7.05. The predicted molar refractivity (Wildman–Crippen MR) is 63.4 cm³/mol. The number of unbranched alkanes of at least 4 members (excludes halogenated alkanes) is 2. The summed E-state index contributed by atoms with van der Waals surface area (Å²) in [5.41, 5.74) is 0. The molecule has 1 unspecified atom stereocenters. The molecule has 0 bridgehead atoms. The Kier molecular flexibility index (Phi) is 5.93. The quantitative estimate of drug-likeness (QED) is 0.462. The highest BCUT2D eigenvalue weighted by molar-refractivity contribution is 5.01. The number of hydrogen-bond donors (Lipinski definition) is 1. The molecule has 1 nitrogen and oxygen atoms in total. The van der Waals surface area contributed by atoms with Crippen LogP contribution in [0.2, 0.25) is 0 Å². The lowest BCUT2D eigenvalue weighted by Crippen LogP contribution is -2.06. The summed E-state index contributed by atoms with van der Waals surface area (Å²) in [6.45, 7) is 3.45. The first kappa shape index (κ1) is 11.8. The molecule has 82 valence electrons. The third kappa shape index (κ3) is 4.80. The van der Waals surface area contributed by atoms with Crippen LogP contribution < -0.4 is 5.32 Å². The highest BCUT2D eigenvalue weighted by Gasteiger charge is 2.32. The van der Waals surface area contributed by atoms with Gasteiger partial charge in [-0.3, -0.25) is 0 Å². The van der Waals surface area contributed by atoms with Crippen LogP contribution in [0.1, 0.15) is 45.4 Å². The van der Waals surface area contributed by atoms with Crippen LogP contribution in [0.15, 0.2) is 12.2 Å². The molecule has 0 heterocycles. The highest BCUT2D eigenvalue weighted by Crippen LogP contribution is 2.42. The van der Waals surface area contributed by atoms with E-state index < -0.39 is 0 Å². The van der Waals surface area contributed by atoms with E-state index in [1.54, 1.807) is 0 Å². The van der Waals surface area contributed by atoms with Gasteiger partial charge in [0, 0.05) is 0 Å². The SMILES string of the molecule is CCCC1C[C@H]1/C=C\CCCCNC. The summed E-state index contributed by atoms with van der Waals surface area (Å²) in [5, 5.41) is 3.18. The Balaban J connectivity index is 1.89. The van der Waals surface area contributed by atoms with Crippen LogP contribution in [0.3, 0.4) is 0 Å². The summed E-state index contributed by atoms with van der Waals surface area (Å²) < 4.78 is 0. The van der Waals surface area contributed by atoms with Gasteiger partial charge >= 0.3 is 0 Å². The minimum atomic E-state index is 0.944. The molecular weight excluding hydrogens is 170 g/mol. The molecule has 1 N–H and O–H groups in total. The van der Waals surface area contributed by atoms with Crippen molar-refractivity contribution >= 4 is 0 Å². The summed E-state index contributed by atoms with van der Waals surface area (Å²) >= 11 is 0. The lowest BCUT2D eigenvalue weighted by atomic mass is 10.1. The summed E-state index contributed by atoms with van der Waals surface area (Å²) in [6, 6.07) is 0. The molecule has 2 atom stereocenters. The normalized spacial score (nSPS) is 25.9. The van der Waals surface area contributed by atoms with Gasteiger partial charge < -0.3 is 5.32 Å². The molecule has 1 fully saturated rings. The van der Waals surface area contributed by atoms with Crippen LogP contribution in [0.5, 0.6) is 0 Å². The predicted octanol–water partition coefficient (Wildman–Crippen LogP) is 3.37. The smallest absolute Gasteiger partial charge is 0.00518 e. The number of hydrogen-bond acceptors (Lipinski definition) is 1. The minimum absolute atomic E-state index is 0.944. The number of nitrogens with one attached hydrogen (secondary N) is 1. The first-order valence-corrected chi connectivity index (χ1v) is 6.19. The Morgan fingerprint density at radius 3 is 2.93 bits per heavy atom. The van der Waals surface area contributed by atoms with E-state index in [0.717, 1.165) is 18.4 Å². The average Bonchev–Trinajstić information content (AvgIpc) is 2.91. The zero-order valence-corrected chi connectivity index (χ0v) is 9.76. The van der Waals surface area contributed by atoms with Gasteiger partial charge in [-0.15, -0.1) is 0 Å². The van der Waals surface area contributed by atoms with Crippen LogP contribution in [0.25, 0.3) is 0 Å². The maximum absolute atomic E-state index is 3.18. The molecule has 0 aromatic heterocycles. The van der Waals surface area contributed by atoms with Crippen molar-refractivity contribution in [2.24, 2.45) is 11.8 Å². The molecule has 1 aliphatic carbocycles. The lowest BCUT2D eigenvalue weighted by molar-refractivity contribution is 0.672. The van der Waals surface area contributed by atoms with Crippen LogP contribution in [-0.4, -0.2) is 13.6 Å². The van der Waals surface area contributed by atoms with Crippen LogP contribution >= 0.6 is 0 Å². The van der Waals surface area contributed by atoms with Crippen molar-refractivity contribution in [3.05, 3.63) is 12.2 Å². The average molecular weight is 195 g/mol. The van der Waals surface area contributed by atoms with E-state index in [0.29, 0.717) is 0 Å². The fourth-order valence-corrected chi connectivity index (χ4v) is 2.04. The Bertz CT molecular complexity index is 163. The van der Waals surface area contributed by atoms with Crippen molar-refractivity contribution in [1.29, 1.82) is 0 Å². The molecule has 0 saturated heterocycles. The van der Waals surface area contributed by atoms with E-state index >= 15 is 0 Å². The van der Waals surface area contributed by atoms with Crippen molar-refractivity contribution in [1.82, 2.24) is 5.32 Å². The van der Waals surface area contributed by atoms with Crippen molar-refractivity contribution < 1.29 is 0 Å². The van der Waals surface area contributed by atoms with E-state index in [1.165, 1.54) is 38.5 Å². The molecular formula is C13H25N. The highest BCUT2D eigenvalue weighted by atomic mass is 14.8. The topological polar surface area (TPSA) is 12.0 Å². The minimum Gasteiger partial charge on any atom is -0.320 e. The molecule has 1 saturated carbocycles. The fourth-order valence-electron chi connectivity index (χ4n) is 2.04. The summed E-state index contributed by atoms with van der Waals surface area (Å²) in [6.07, 6.45) is 13.0. The van der Waals surface area contributed by atoms with Gasteiger partial charge in [0.2, 0.25) is 0 Å². The maximum atomic E-state index is 3.18. The molecule has 1 rings (SSSR count). The third-order valence-corrected chi connectivity index (χ3v) is 3.07. The van der Waals surface area contributed by atoms with E-state index in [2.05, 4.69) is 24.4 Å². The van der Waals surface area contributed by atoms with Crippen LogP contribution in [-0.2, 0) is 0 Å². The maximum Gasteiger partial charge on any atom is -0.00518 e. The van der Waals surface area contributed by atoms with E-state index in [-0.39, 0.29) is 0 Å². The van der Waals surface area contributed by atoms with Gasteiger partial charge in [0.25, 0.3) is 0 Å². The van der Waals surface area contributed by atoms with E-state index in [1.807, 2.05) is 7.05 Å². The Labute approximate surface area is 89.0 Å². The largest absolute Gasteiger partial charge is 0.320 e. The standard InChI is InChI=1S/C13H25N/c1-3-8-12-11-13(12)9-6-4-5-7-10-14-2/h6,9,12-14H,3-5,7-8,10-11H2,1-2H3/b9-6-/t12?,13-/m1/s1. The van der Waals surface area contributed by atoms with Crippen LogP contribution in [0, 0.1) is 11.8 Å². The summed E-state index contributed by atoms with van der Waals surface area (Å²) in [4.78, 5) is 0. The Morgan fingerprint density at radius 2 is 2.21 bits per heavy atom. The molecule has 0 radical (unpaired) electrons. The van der Waals surface area contributed by atoms with Crippen LogP contribution in [0.4, 0.5) is 0 Å². The van der Waals surface area contributed by atoms with Gasteiger partial charge in [-0.1, -0.05) is 31.9 Å². The molecule has 0 aromatic rings. The molecule has 0 aliphatic heterocycles. The van der Waals surface area contributed by atoms with E-state index in [9.17, 15) is 0 Å². The molecule has 1 aliphatic rings. The fraction of sp³-hybridized carbons (Fsp3) is 0.846. The first-order chi connectivity index (χ1) is 6.88.